The molecular formula is C66H71IrN5OSi-2. The summed E-state index contributed by atoms with van der Waals surface area (Å²) in [7, 11) is -2.05. The molecule has 381 valence electrons. The summed E-state index contributed by atoms with van der Waals surface area (Å²) in [6, 6.07) is 55.5. The number of imidazole rings is 2. The molecule has 0 aliphatic rings. The van der Waals surface area contributed by atoms with E-state index in [9.17, 15) is 5.26 Å². The van der Waals surface area contributed by atoms with Crippen molar-refractivity contribution in [1.29, 1.82) is 5.26 Å². The van der Waals surface area contributed by atoms with Crippen molar-refractivity contribution in [3.05, 3.63) is 173 Å². The van der Waals surface area contributed by atoms with E-state index >= 15 is 0 Å². The van der Waals surface area contributed by atoms with Gasteiger partial charge in [0, 0.05) is 36.9 Å². The van der Waals surface area contributed by atoms with E-state index in [0.29, 0.717) is 23.0 Å². The molecule has 3 heterocycles. The molecule has 0 saturated heterocycles. The first-order chi connectivity index (χ1) is 34.7. The molecule has 0 aliphatic heterocycles. The summed E-state index contributed by atoms with van der Waals surface area (Å²) in [6.45, 7) is 35.5. The van der Waals surface area contributed by atoms with E-state index in [1.165, 1.54) is 38.8 Å². The van der Waals surface area contributed by atoms with Crippen LogP contribution in [0.4, 0.5) is 0 Å². The minimum absolute atomic E-state index is 0. The maximum absolute atomic E-state index is 9.54. The minimum atomic E-state index is -2.05. The third-order valence-electron chi connectivity index (χ3n) is 15.6. The normalized spacial score (nSPS) is 12.4. The van der Waals surface area contributed by atoms with Gasteiger partial charge in [-0.2, -0.15) is 5.26 Å². The summed E-state index contributed by atoms with van der Waals surface area (Å²) in [5, 5.41) is 13.4. The summed E-state index contributed by atoms with van der Waals surface area (Å²) in [4.78, 5) is 10.3. The van der Waals surface area contributed by atoms with Crippen molar-refractivity contribution in [3.63, 3.8) is 0 Å². The summed E-state index contributed by atoms with van der Waals surface area (Å²) in [5.74, 6) is 3.19. The Balaban J connectivity index is 0.000000221. The molecule has 0 fully saturated rings. The molecule has 0 unspecified atom stereocenters. The predicted octanol–water partition coefficient (Wildman–Crippen LogP) is 18.1. The number of benzene rings is 7. The Morgan fingerprint density at radius 1 is 0.554 bits per heavy atom. The van der Waals surface area contributed by atoms with Gasteiger partial charge in [-0.15, -0.1) is 54.1 Å². The average molecular weight is 1170 g/mol. The molecule has 6 nitrogen and oxygen atoms in total. The van der Waals surface area contributed by atoms with Gasteiger partial charge in [0.25, 0.3) is 0 Å². The van der Waals surface area contributed by atoms with Crippen LogP contribution in [0, 0.1) is 23.5 Å². The summed E-state index contributed by atoms with van der Waals surface area (Å²) in [5.41, 5.74) is 15.9. The van der Waals surface area contributed by atoms with Crippen molar-refractivity contribution in [2.24, 2.45) is 0 Å². The zero-order chi connectivity index (χ0) is 52.3. The van der Waals surface area contributed by atoms with Crippen molar-refractivity contribution in [2.75, 3.05) is 0 Å². The maximum Gasteiger partial charge on any atom is 0.122 e. The molecule has 0 aliphatic carbocycles. The molecule has 74 heavy (non-hydrogen) atoms. The van der Waals surface area contributed by atoms with Gasteiger partial charge in [-0.3, -0.25) is 9.97 Å². The van der Waals surface area contributed by atoms with Gasteiger partial charge in [0.15, 0.2) is 0 Å². The van der Waals surface area contributed by atoms with Gasteiger partial charge in [-0.1, -0.05) is 180 Å². The second kappa shape index (κ2) is 20.7. The minimum Gasteiger partial charge on any atom is -0.500 e. The number of furan rings is 1. The topological polar surface area (TPSA) is 72.6 Å². The Kier molecular flexibility index (Phi) is 15.1. The van der Waals surface area contributed by atoms with Gasteiger partial charge in [0.2, 0.25) is 0 Å². The van der Waals surface area contributed by atoms with Crippen LogP contribution in [0.2, 0.25) is 16.6 Å². The van der Waals surface area contributed by atoms with Crippen LogP contribution in [-0.2, 0) is 20.1 Å². The van der Waals surface area contributed by atoms with Gasteiger partial charge in [0.1, 0.15) is 5.58 Å². The number of aromatic nitrogens is 4. The van der Waals surface area contributed by atoms with Crippen LogP contribution in [0.5, 0.6) is 0 Å². The monoisotopic (exact) mass is 1170 g/mol. The second-order valence-electron chi connectivity index (χ2n) is 23.3. The standard InChI is InChI=1S/C41H46N3OSi.C25H25N2.Ir/c1-25(2)32-22-28(46(11,40(5,6)7)41(8,9)10)23-33(26(3)4)37(32)44-35-18-13-12-17-34(35)43-39(44)31-16-14-15-30-29-20-19-27(24-42)21-36(29)45-38(30)31;1-17(2)20-13-10-14-21(18(3)4)24(20)27-23-16-9-8-15-22(23)26-25(27)19-11-6-5-7-12-19;/h12-15,17-23,25-26H,1-11H3;5-11,13-18H,1-4H3;/q2*-1;. The number of hydrogen-bond acceptors (Lipinski definition) is 4. The van der Waals surface area contributed by atoms with Crippen molar-refractivity contribution in [3.8, 4) is 40.2 Å². The number of rotatable bonds is 9. The number of nitriles is 1. The van der Waals surface area contributed by atoms with Gasteiger partial charge in [-0.25, -0.2) is 0 Å². The fourth-order valence-electron chi connectivity index (χ4n) is 11.2. The fraction of sp³-hybridized carbons (Fsp3) is 0.318. The van der Waals surface area contributed by atoms with E-state index in [-0.39, 0.29) is 42.0 Å². The van der Waals surface area contributed by atoms with Gasteiger partial charge in [-0.05, 0) is 92.4 Å². The summed E-state index contributed by atoms with van der Waals surface area (Å²) >= 11 is 0. The van der Waals surface area contributed by atoms with E-state index in [4.69, 9.17) is 14.4 Å². The third kappa shape index (κ3) is 9.42. The zero-order valence-corrected chi connectivity index (χ0v) is 49.4. The van der Waals surface area contributed by atoms with Crippen LogP contribution in [0.3, 0.4) is 0 Å². The smallest absolute Gasteiger partial charge is 0.122 e. The first kappa shape index (κ1) is 53.9. The van der Waals surface area contributed by atoms with Crippen LogP contribution in [0.25, 0.3) is 78.2 Å². The van der Waals surface area contributed by atoms with E-state index in [1.807, 2.05) is 48.5 Å². The number of nitrogens with zero attached hydrogens (tertiary/aromatic N) is 5. The largest absolute Gasteiger partial charge is 0.500 e. The van der Waals surface area contributed by atoms with E-state index in [1.54, 1.807) is 0 Å². The Bertz CT molecular complexity index is 3630. The number of para-hydroxylation sites is 5. The van der Waals surface area contributed by atoms with Crippen molar-refractivity contribution in [1.82, 2.24) is 19.1 Å². The molecule has 1 radical (unpaired) electrons. The van der Waals surface area contributed by atoms with E-state index < -0.39 is 8.07 Å². The van der Waals surface area contributed by atoms with Crippen LogP contribution in [-0.4, -0.2) is 27.2 Å². The first-order valence-electron chi connectivity index (χ1n) is 26.2. The van der Waals surface area contributed by atoms with Crippen molar-refractivity contribution in [2.45, 2.75) is 137 Å². The van der Waals surface area contributed by atoms with Crippen LogP contribution >= 0.6 is 0 Å². The molecule has 0 saturated carbocycles. The van der Waals surface area contributed by atoms with Crippen molar-refractivity contribution >= 4 is 57.3 Å². The number of fused-ring (bicyclic) bond motifs is 5. The van der Waals surface area contributed by atoms with Crippen LogP contribution < -0.4 is 5.19 Å². The fourth-order valence-corrected chi connectivity index (χ4v) is 16.1. The molecule has 0 amide bonds. The van der Waals surface area contributed by atoms with Gasteiger partial charge < -0.3 is 13.6 Å². The van der Waals surface area contributed by atoms with Crippen molar-refractivity contribution < 1.29 is 24.5 Å². The maximum atomic E-state index is 9.54. The summed E-state index contributed by atoms with van der Waals surface area (Å²) in [6.07, 6.45) is 0. The predicted molar refractivity (Wildman–Crippen MR) is 310 cm³/mol. The van der Waals surface area contributed by atoms with Gasteiger partial charge >= 0.3 is 0 Å². The Labute approximate surface area is 454 Å². The quantitative estimate of drug-likeness (QED) is 0.107. The summed E-state index contributed by atoms with van der Waals surface area (Å²) < 4.78 is 11.2. The molecule has 8 heteroatoms. The van der Waals surface area contributed by atoms with Crippen LogP contribution in [0.1, 0.15) is 148 Å². The molecule has 3 aromatic heterocycles. The second-order valence-corrected chi connectivity index (χ2v) is 29.2. The molecule has 10 rings (SSSR count). The molecule has 0 atom stereocenters. The van der Waals surface area contributed by atoms with Crippen LogP contribution in [0.15, 0.2) is 138 Å². The molecule has 7 aromatic carbocycles. The Hall–Kier alpha value is -6.36. The molecule has 0 bridgehead atoms. The Morgan fingerprint density at radius 3 is 1.58 bits per heavy atom. The molecule has 0 spiro atoms. The van der Waals surface area contributed by atoms with Gasteiger partial charge in [0.05, 0.1) is 59.0 Å². The zero-order valence-electron chi connectivity index (χ0n) is 46.0. The Morgan fingerprint density at radius 2 is 1.07 bits per heavy atom. The molecular weight excluding hydrogens is 1100 g/mol. The third-order valence-corrected chi connectivity index (χ3v) is 23.1. The average Bonchev–Trinajstić information content (AvgIpc) is 4.06. The number of hydrogen-bond donors (Lipinski definition) is 0. The van der Waals surface area contributed by atoms with E-state index in [2.05, 4.69) is 216 Å². The molecule has 0 N–H and O–H groups in total. The molecule has 10 aromatic rings. The SMILES string of the molecule is CC(C)c1cc([Si](C)(C(C)(C)C)C(C)(C)C)cc(C(C)C)c1-n1c(-c2[c-]ccc3c2oc2cc(C#N)ccc23)nc2ccccc21.CC(C)c1cccc(C(C)C)c1-n1c(-c2[c-]cccc2)nc2ccccc21.[Ir]. The van der Waals surface area contributed by atoms with E-state index in [0.717, 1.165) is 61.2 Å². The first-order valence-corrected chi connectivity index (χ1v) is 28.7.